The van der Waals surface area contributed by atoms with Gasteiger partial charge in [0, 0.05) is 17.0 Å². The van der Waals surface area contributed by atoms with Gasteiger partial charge < -0.3 is 14.5 Å². The summed E-state index contributed by atoms with van der Waals surface area (Å²) in [6.07, 6.45) is -0.780. The van der Waals surface area contributed by atoms with Gasteiger partial charge >= 0.3 is 6.16 Å². The third-order valence-electron chi connectivity index (χ3n) is 2.44. The monoisotopic (exact) mass is 237 g/mol. The Hall–Kier alpha value is -2.04. The average molecular weight is 237 g/mol. The molecule has 17 heavy (non-hydrogen) atoms. The minimum absolute atomic E-state index is 0.243. The van der Waals surface area contributed by atoms with Crippen molar-refractivity contribution in [3.8, 4) is 5.88 Å². The number of hydrogen-bond donors (Lipinski definition) is 1. The van der Waals surface area contributed by atoms with E-state index in [4.69, 9.17) is 4.74 Å². The quantitative estimate of drug-likeness (QED) is 0.816. The lowest BCUT2D eigenvalue weighted by Gasteiger charge is -1.99. The molecule has 2 aromatic rings. The van der Waals surface area contributed by atoms with Gasteiger partial charge in [-0.25, -0.2) is 9.18 Å². The average Bonchev–Trinajstić information content (AvgIpc) is 2.67. The van der Waals surface area contributed by atoms with E-state index in [0.29, 0.717) is 16.5 Å². The predicted octanol–water partition coefficient (Wildman–Crippen LogP) is 3.15. The minimum Gasteiger partial charge on any atom is -0.434 e. The summed E-state index contributed by atoms with van der Waals surface area (Å²) < 4.78 is 22.8. The maximum absolute atomic E-state index is 13.3. The molecule has 0 radical (unpaired) electrons. The highest BCUT2D eigenvalue weighted by atomic mass is 19.1. The number of ether oxygens (including phenoxy) is 2. The summed E-state index contributed by atoms with van der Waals surface area (Å²) in [5.74, 6) is -0.0497. The minimum atomic E-state index is -0.780. The Morgan fingerprint density at radius 2 is 2.24 bits per heavy atom. The summed E-state index contributed by atoms with van der Waals surface area (Å²) in [5, 5.41) is 0.685. The number of H-pyrrole nitrogens is 1. The van der Waals surface area contributed by atoms with E-state index in [-0.39, 0.29) is 18.3 Å². The molecule has 0 aliphatic heterocycles. The Balaban J connectivity index is 2.32. The van der Waals surface area contributed by atoms with Crippen LogP contribution in [0.4, 0.5) is 9.18 Å². The van der Waals surface area contributed by atoms with E-state index in [1.165, 1.54) is 6.07 Å². The van der Waals surface area contributed by atoms with Crippen LogP contribution in [0.15, 0.2) is 18.2 Å². The predicted molar refractivity (Wildman–Crippen MR) is 60.6 cm³/mol. The van der Waals surface area contributed by atoms with Gasteiger partial charge in [0.1, 0.15) is 5.82 Å². The lowest BCUT2D eigenvalue weighted by Crippen LogP contribution is -2.09. The van der Waals surface area contributed by atoms with Gasteiger partial charge in [0.2, 0.25) is 5.88 Å². The van der Waals surface area contributed by atoms with E-state index >= 15 is 0 Å². The van der Waals surface area contributed by atoms with E-state index < -0.39 is 6.16 Å². The second-order valence-corrected chi connectivity index (χ2v) is 3.55. The summed E-state index contributed by atoms with van der Waals surface area (Å²) in [6.45, 7) is 3.60. The van der Waals surface area contributed by atoms with Gasteiger partial charge in [-0.15, -0.1) is 0 Å². The van der Waals surface area contributed by atoms with E-state index in [1.807, 2.05) is 0 Å². The molecule has 0 amide bonds. The van der Waals surface area contributed by atoms with Crippen molar-refractivity contribution in [3.63, 3.8) is 0 Å². The SMILES string of the molecule is CCOC(=O)Oc1cc2c(C)c(F)ccc2[nH]1. The first-order valence-corrected chi connectivity index (χ1v) is 5.24. The maximum Gasteiger partial charge on any atom is 0.515 e. The fourth-order valence-electron chi connectivity index (χ4n) is 1.59. The standard InChI is InChI=1S/C12H12FNO3/c1-3-16-12(15)17-11-6-8-7(2)9(13)4-5-10(8)14-11/h4-6,14H,3H2,1-2H3. The molecule has 0 fully saturated rings. The zero-order valence-electron chi connectivity index (χ0n) is 9.54. The number of benzene rings is 1. The van der Waals surface area contributed by atoms with Crippen molar-refractivity contribution >= 4 is 17.1 Å². The number of hydrogen-bond acceptors (Lipinski definition) is 3. The number of aromatic amines is 1. The number of carbonyl (C=O) groups excluding carboxylic acids is 1. The van der Waals surface area contributed by atoms with Crippen molar-refractivity contribution < 1.29 is 18.7 Å². The molecular weight excluding hydrogens is 225 g/mol. The van der Waals surface area contributed by atoms with Gasteiger partial charge in [0.15, 0.2) is 0 Å². The van der Waals surface area contributed by atoms with Crippen molar-refractivity contribution in [3.05, 3.63) is 29.6 Å². The van der Waals surface area contributed by atoms with Gasteiger partial charge in [-0.3, -0.25) is 0 Å². The molecule has 5 heteroatoms. The lowest BCUT2D eigenvalue weighted by atomic mass is 10.1. The fraction of sp³-hybridized carbons (Fsp3) is 0.250. The van der Waals surface area contributed by atoms with Gasteiger partial charge in [-0.1, -0.05) is 0 Å². The van der Waals surface area contributed by atoms with E-state index in [9.17, 15) is 9.18 Å². The van der Waals surface area contributed by atoms with Crippen LogP contribution in [-0.2, 0) is 4.74 Å². The molecule has 0 aliphatic rings. The Morgan fingerprint density at radius 1 is 1.47 bits per heavy atom. The fourth-order valence-corrected chi connectivity index (χ4v) is 1.59. The summed E-state index contributed by atoms with van der Waals surface area (Å²) in [6, 6.07) is 4.53. The van der Waals surface area contributed by atoms with Crippen LogP contribution >= 0.6 is 0 Å². The van der Waals surface area contributed by atoms with Crippen LogP contribution in [0.3, 0.4) is 0 Å². The number of rotatable bonds is 2. The Kier molecular flexibility index (Phi) is 2.99. The third-order valence-corrected chi connectivity index (χ3v) is 2.44. The molecule has 1 N–H and O–H groups in total. The second kappa shape index (κ2) is 4.45. The highest BCUT2D eigenvalue weighted by molar-refractivity contribution is 5.85. The number of aromatic nitrogens is 1. The smallest absolute Gasteiger partial charge is 0.434 e. The van der Waals surface area contributed by atoms with Gasteiger partial charge in [0.25, 0.3) is 0 Å². The van der Waals surface area contributed by atoms with Crippen LogP contribution < -0.4 is 4.74 Å². The van der Waals surface area contributed by atoms with Crippen LogP contribution in [0.1, 0.15) is 12.5 Å². The van der Waals surface area contributed by atoms with Crippen molar-refractivity contribution in [1.82, 2.24) is 4.98 Å². The van der Waals surface area contributed by atoms with Crippen LogP contribution in [0.2, 0.25) is 0 Å². The van der Waals surface area contributed by atoms with Crippen LogP contribution in [0, 0.1) is 12.7 Å². The van der Waals surface area contributed by atoms with Crippen molar-refractivity contribution in [2.75, 3.05) is 6.61 Å². The highest BCUT2D eigenvalue weighted by Gasteiger charge is 2.11. The number of carbonyl (C=O) groups is 1. The lowest BCUT2D eigenvalue weighted by molar-refractivity contribution is 0.103. The Labute approximate surface area is 97.3 Å². The van der Waals surface area contributed by atoms with Gasteiger partial charge in [0.05, 0.1) is 6.61 Å². The highest BCUT2D eigenvalue weighted by Crippen LogP contribution is 2.25. The summed E-state index contributed by atoms with van der Waals surface area (Å²) in [5.41, 5.74) is 1.22. The summed E-state index contributed by atoms with van der Waals surface area (Å²) in [4.78, 5) is 14.0. The molecule has 4 nitrogen and oxygen atoms in total. The zero-order valence-corrected chi connectivity index (χ0v) is 9.54. The first-order valence-electron chi connectivity index (χ1n) is 5.24. The van der Waals surface area contributed by atoms with Crippen LogP contribution in [0.25, 0.3) is 10.9 Å². The first-order chi connectivity index (χ1) is 8.11. The largest absolute Gasteiger partial charge is 0.515 e. The molecule has 0 spiro atoms. The number of nitrogens with one attached hydrogen (secondary N) is 1. The number of aryl methyl sites for hydroxylation is 1. The molecule has 2 rings (SSSR count). The topological polar surface area (TPSA) is 51.3 Å². The molecule has 1 heterocycles. The molecule has 0 saturated carbocycles. The van der Waals surface area contributed by atoms with Crippen molar-refractivity contribution in [1.29, 1.82) is 0 Å². The van der Waals surface area contributed by atoms with E-state index in [0.717, 1.165) is 0 Å². The molecule has 0 atom stereocenters. The Morgan fingerprint density at radius 3 is 2.94 bits per heavy atom. The molecule has 0 aliphatic carbocycles. The number of fused-ring (bicyclic) bond motifs is 1. The molecule has 1 aromatic carbocycles. The summed E-state index contributed by atoms with van der Waals surface area (Å²) >= 11 is 0. The number of halogens is 1. The van der Waals surface area contributed by atoms with Crippen molar-refractivity contribution in [2.45, 2.75) is 13.8 Å². The maximum atomic E-state index is 13.3. The molecule has 0 bridgehead atoms. The normalized spacial score (nSPS) is 10.5. The third kappa shape index (κ3) is 2.22. The second-order valence-electron chi connectivity index (χ2n) is 3.55. The molecule has 90 valence electrons. The first kappa shape index (κ1) is 11.4. The summed E-state index contributed by atoms with van der Waals surface area (Å²) in [7, 11) is 0. The van der Waals surface area contributed by atoms with Gasteiger partial charge in [-0.05, 0) is 31.5 Å². The molecule has 0 saturated heterocycles. The van der Waals surface area contributed by atoms with Crippen LogP contribution in [0.5, 0.6) is 5.88 Å². The van der Waals surface area contributed by atoms with E-state index in [1.54, 1.807) is 26.0 Å². The van der Waals surface area contributed by atoms with Crippen molar-refractivity contribution in [2.24, 2.45) is 0 Å². The molecular formula is C12H12FNO3. The van der Waals surface area contributed by atoms with Gasteiger partial charge in [-0.2, -0.15) is 0 Å². The Bertz CT molecular complexity index is 562. The van der Waals surface area contributed by atoms with E-state index in [2.05, 4.69) is 9.72 Å². The zero-order chi connectivity index (χ0) is 12.4. The molecule has 0 unspecified atom stereocenters. The molecule has 1 aromatic heterocycles. The van der Waals surface area contributed by atoms with Crippen LogP contribution in [-0.4, -0.2) is 17.7 Å².